The number of hydrogen-bond donors (Lipinski definition) is 2. The lowest BCUT2D eigenvalue weighted by molar-refractivity contribution is 0.0955. The number of H-pyrrole nitrogens is 1. The predicted molar refractivity (Wildman–Crippen MR) is 95.1 cm³/mol. The van der Waals surface area contributed by atoms with Gasteiger partial charge in [0.2, 0.25) is 0 Å². The van der Waals surface area contributed by atoms with E-state index in [0.717, 1.165) is 27.4 Å². The van der Waals surface area contributed by atoms with Crippen LogP contribution in [0.4, 0.5) is 0 Å². The smallest absolute Gasteiger partial charge is 0.271 e. The summed E-state index contributed by atoms with van der Waals surface area (Å²) in [7, 11) is 0. The van der Waals surface area contributed by atoms with Gasteiger partial charge in [-0.15, -0.1) is 0 Å². The zero-order valence-electron chi connectivity index (χ0n) is 12.7. The molecule has 0 aliphatic heterocycles. The maximum Gasteiger partial charge on any atom is 0.271 e. The predicted octanol–water partition coefficient (Wildman–Crippen LogP) is 3.48. The number of amides is 1. The van der Waals surface area contributed by atoms with Crippen molar-refractivity contribution in [1.82, 2.24) is 15.4 Å². The van der Waals surface area contributed by atoms with Crippen LogP contribution in [0.3, 0.4) is 0 Å². The SMILES string of the molecule is O=C(N/N=C/c1cccc2ccccc12)c1ccc2nc[nH]c2c1. The van der Waals surface area contributed by atoms with Gasteiger partial charge in [0.25, 0.3) is 5.91 Å². The Hall–Kier alpha value is -3.47. The summed E-state index contributed by atoms with van der Waals surface area (Å²) >= 11 is 0. The molecule has 0 saturated heterocycles. The van der Waals surface area contributed by atoms with Crippen LogP contribution in [0.2, 0.25) is 0 Å². The highest BCUT2D eigenvalue weighted by Gasteiger charge is 2.06. The third-order valence-electron chi connectivity index (χ3n) is 3.88. The third-order valence-corrected chi connectivity index (χ3v) is 3.88. The number of rotatable bonds is 3. The molecule has 0 atom stereocenters. The third kappa shape index (κ3) is 2.63. The zero-order chi connectivity index (χ0) is 16.4. The van der Waals surface area contributed by atoms with E-state index in [2.05, 4.69) is 20.5 Å². The lowest BCUT2D eigenvalue weighted by Gasteiger charge is -2.02. The Labute approximate surface area is 138 Å². The average Bonchev–Trinajstić information content (AvgIpc) is 3.09. The van der Waals surface area contributed by atoms with Crippen molar-refractivity contribution in [3.05, 3.63) is 78.1 Å². The standard InChI is InChI=1S/C19H14N4O/c24-19(14-8-9-17-18(10-14)21-12-20-17)23-22-11-15-6-3-5-13-4-1-2-7-16(13)15/h1-12H,(H,20,21)(H,23,24)/b22-11+. The lowest BCUT2D eigenvalue weighted by Crippen LogP contribution is -2.17. The normalized spacial score (nSPS) is 11.3. The van der Waals surface area contributed by atoms with Gasteiger partial charge in [-0.25, -0.2) is 10.4 Å². The van der Waals surface area contributed by atoms with Gasteiger partial charge >= 0.3 is 0 Å². The van der Waals surface area contributed by atoms with Gasteiger partial charge in [0.05, 0.1) is 23.6 Å². The summed E-state index contributed by atoms with van der Waals surface area (Å²) < 4.78 is 0. The fourth-order valence-electron chi connectivity index (χ4n) is 2.66. The number of hydrazone groups is 1. The number of nitrogens with one attached hydrogen (secondary N) is 2. The number of benzene rings is 3. The summed E-state index contributed by atoms with van der Waals surface area (Å²) in [5, 5.41) is 6.32. The van der Waals surface area contributed by atoms with Crippen molar-refractivity contribution in [2.75, 3.05) is 0 Å². The Bertz CT molecular complexity index is 1060. The second-order valence-corrected chi connectivity index (χ2v) is 5.40. The van der Waals surface area contributed by atoms with Crippen molar-refractivity contribution in [3.63, 3.8) is 0 Å². The van der Waals surface area contributed by atoms with Crippen LogP contribution in [-0.4, -0.2) is 22.1 Å². The van der Waals surface area contributed by atoms with E-state index < -0.39 is 0 Å². The van der Waals surface area contributed by atoms with E-state index in [0.29, 0.717) is 5.56 Å². The number of carbonyl (C=O) groups excluding carboxylic acids is 1. The maximum absolute atomic E-state index is 12.2. The molecular formula is C19H14N4O. The number of carbonyl (C=O) groups is 1. The molecule has 3 aromatic carbocycles. The minimum absolute atomic E-state index is 0.261. The number of nitrogens with zero attached hydrogens (tertiary/aromatic N) is 2. The van der Waals surface area contributed by atoms with Crippen molar-refractivity contribution in [2.24, 2.45) is 5.10 Å². The van der Waals surface area contributed by atoms with Crippen molar-refractivity contribution in [3.8, 4) is 0 Å². The Morgan fingerprint density at radius 1 is 1.08 bits per heavy atom. The first kappa shape index (κ1) is 14.1. The van der Waals surface area contributed by atoms with E-state index in [-0.39, 0.29) is 5.91 Å². The molecule has 0 aliphatic carbocycles. The molecule has 0 saturated carbocycles. The van der Waals surface area contributed by atoms with Crippen LogP contribution < -0.4 is 5.43 Å². The Morgan fingerprint density at radius 2 is 1.96 bits per heavy atom. The summed E-state index contributed by atoms with van der Waals surface area (Å²) in [6, 6.07) is 19.3. The van der Waals surface area contributed by atoms with E-state index in [1.54, 1.807) is 30.7 Å². The summed E-state index contributed by atoms with van der Waals surface area (Å²) in [5.74, 6) is -0.261. The Morgan fingerprint density at radius 3 is 2.92 bits per heavy atom. The largest absolute Gasteiger partial charge is 0.345 e. The molecule has 5 nitrogen and oxygen atoms in total. The molecular weight excluding hydrogens is 300 g/mol. The molecule has 1 aromatic heterocycles. The van der Waals surface area contributed by atoms with Gasteiger partial charge in [-0.1, -0.05) is 42.5 Å². The molecule has 4 aromatic rings. The van der Waals surface area contributed by atoms with Crippen LogP contribution in [0.15, 0.2) is 72.1 Å². The number of fused-ring (bicyclic) bond motifs is 2. The molecule has 1 amide bonds. The molecule has 1 heterocycles. The minimum Gasteiger partial charge on any atom is -0.345 e. The van der Waals surface area contributed by atoms with Crippen LogP contribution in [0.25, 0.3) is 21.8 Å². The van der Waals surface area contributed by atoms with Crippen molar-refractivity contribution in [1.29, 1.82) is 0 Å². The maximum atomic E-state index is 12.2. The Kier molecular flexibility index (Phi) is 3.51. The molecule has 0 aliphatic rings. The van der Waals surface area contributed by atoms with Gasteiger partial charge in [-0.3, -0.25) is 4.79 Å². The van der Waals surface area contributed by atoms with Crippen LogP contribution >= 0.6 is 0 Å². The topological polar surface area (TPSA) is 70.1 Å². The second kappa shape index (κ2) is 5.96. The van der Waals surface area contributed by atoms with E-state index in [1.165, 1.54) is 0 Å². The first-order chi connectivity index (χ1) is 11.8. The monoisotopic (exact) mass is 314 g/mol. The van der Waals surface area contributed by atoms with Gasteiger partial charge in [-0.05, 0) is 29.0 Å². The first-order valence-electron chi connectivity index (χ1n) is 7.55. The van der Waals surface area contributed by atoms with E-state index in [1.807, 2.05) is 42.5 Å². The van der Waals surface area contributed by atoms with Gasteiger partial charge < -0.3 is 4.98 Å². The highest BCUT2D eigenvalue weighted by Crippen LogP contribution is 2.16. The molecule has 116 valence electrons. The minimum atomic E-state index is -0.261. The van der Waals surface area contributed by atoms with Crippen LogP contribution in [0.5, 0.6) is 0 Å². The zero-order valence-corrected chi connectivity index (χ0v) is 12.7. The van der Waals surface area contributed by atoms with Crippen LogP contribution in [0, 0.1) is 0 Å². The molecule has 0 bridgehead atoms. The highest BCUT2D eigenvalue weighted by molar-refractivity contribution is 6.01. The van der Waals surface area contributed by atoms with Gasteiger partial charge in [0.1, 0.15) is 0 Å². The van der Waals surface area contributed by atoms with E-state index >= 15 is 0 Å². The molecule has 0 spiro atoms. The summed E-state index contributed by atoms with van der Waals surface area (Å²) in [5.41, 5.74) is 5.70. The Balaban J connectivity index is 1.54. The van der Waals surface area contributed by atoms with E-state index in [9.17, 15) is 4.79 Å². The molecule has 0 fully saturated rings. The first-order valence-corrected chi connectivity index (χ1v) is 7.55. The fraction of sp³-hybridized carbons (Fsp3) is 0. The number of aromatic nitrogens is 2. The van der Waals surface area contributed by atoms with Gasteiger partial charge in [0.15, 0.2) is 0 Å². The van der Waals surface area contributed by atoms with Crippen molar-refractivity contribution >= 4 is 33.9 Å². The number of hydrogen-bond acceptors (Lipinski definition) is 3. The van der Waals surface area contributed by atoms with Crippen LogP contribution in [-0.2, 0) is 0 Å². The van der Waals surface area contributed by atoms with Crippen molar-refractivity contribution < 1.29 is 4.79 Å². The lowest BCUT2D eigenvalue weighted by atomic mass is 10.1. The van der Waals surface area contributed by atoms with E-state index in [4.69, 9.17) is 0 Å². The summed E-state index contributed by atoms with van der Waals surface area (Å²) in [6.07, 6.45) is 3.26. The molecule has 2 N–H and O–H groups in total. The summed E-state index contributed by atoms with van der Waals surface area (Å²) in [4.78, 5) is 19.3. The molecule has 5 heteroatoms. The quantitative estimate of drug-likeness (QED) is 0.449. The molecule has 0 unspecified atom stereocenters. The second-order valence-electron chi connectivity index (χ2n) is 5.40. The van der Waals surface area contributed by atoms with Gasteiger partial charge in [-0.2, -0.15) is 5.10 Å². The van der Waals surface area contributed by atoms with Gasteiger partial charge in [0, 0.05) is 11.1 Å². The fourth-order valence-corrected chi connectivity index (χ4v) is 2.66. The number of aromatic amines is 1. The van der Waals surface area contributed by atoms with Crippen LogP contribution in [0.1, 0.15) is 15.9 Å². The molecule has 4 rings (SSSR count). The molecule has 0 radical (unpaired) electrons. The molecule has 24 heavy (non-hydrogen) atoms. The number of imidazole rings is 1. The highest BCUT2D eigenvalue weighted by atomic mass is 16.2. The van der Waals surface area contributed by atoms with Crippen molar-refractivity contribution in [2.45, 2.75) is 0 Å². The summed E-state index contributed by atoms with van der Waals surface area (Å²) in [6.45, 7) is 0. The average molecular weight is 314 g/mol.